The molecule has 7 nitrogen and oxygen atoms in total. The van der Waals surface area contributed by atoms with E-state index in [4.69, 9.17) is 14.2 Å². The van der Waals surface area contributed by atoms with E-state index in [0.717, 1.165) is 6.42 Å². The monoisotopic (exact) mass is 358 g/mol. The fourth-order valence-corrected chi connectivity index (χ4v) is 4.52. The van der Waals surface area contributed by atoms with E-state index in [2.05, 4.69) is 0 Å². The molecule has 0 radical (unpaired) electrons. The Labute approximate surface area is 149 Å². The minimum Gasteiger partial charge on any atom is -0.462 e. The van der Waals surface area contributed by atoms with Gasteiger partial charge in [0.2, 0.25) is 0 Å². The summed E-state index contributed by atoms with van der Waals surface area (Å²) in [5.74, 6) is -1.96. The molecule has 3 aliphatic rings. The largest absolute Gasteiger partial charge is 0.462 e. The van der Waals surface area contributed by atoms with Crippen LogP contribution in [0.3, 0.4) is 0 Å². The lowest BCUT2D eigenvalue weighted by Gasteiger charge is -2.22. The fraction of sp³-hybridized carbons (Fsp3) is 0.474. The van der Waals surface area contributed by atoms with Crippen LogP contribution in [0.5, 0.6) is 5.75 Å². The third-order valence-corrected chi connectivity index (χ3v) is 5.54. The minimum atomic E-state index is -0.496. The van der Waals surface area contributed by atoms with Crippen molar-refractivity contribution in [1.29, 1.82) is 0 Å². The normalized spacial score (nSPS) is 30.8. The third kappa shape index (κ3) is 2.77. The molecule has 7 heteroatoms. The predicted molar refractivity (Wildman–Crippen MR) is 86.1 cm³/mol. The topological polar surface area (TPSA) is 96.0 Å². The molecule has 1 aromatic rings. The summed E-state index contributed by atoms with van der Waals surface area (Å²) in [5.41, 5.74) is 0.349. The summed E-state index contributed by atoms with van der Waals surface area (Å²) < 4.78 is 15.4. The average Bonchev–Trinajstić information content (AvgIpc) is 3.21. The smallest absolute Gasteiger partial charge is 0.310 e. The van der Waals surface area contributed by atoms with Gasteiger partial charge < -0.3 is 14.2 Å². The highest BCUT2D eigenvalue weighted by molar-refractivity contribution is 5.98. The Bertz CT molecular complexity index is 780. The van der Waals surface area contributed by atoms with Crippen molar-refractivity contribution in [2.24, 2.45) is 23.7 Å². The van der Waals surface area contributed by atoms with Gasteiger partial charge in [-0.2, -0.15) is 0 Å². The highest BCUT2D eigenvalue weighted by Crippen LogP contribution is 2.57. The van der Waals surface area contributed by atoms with E-state index in [1.54, 1.807) is 0 Å². The molecule has 1 heterocycles. The van der Waals surface area contributed by atoms with Crippen LogP contribution in [0.1, 0.15) is 30.1 Å². The number of ketones is 1. The highest BCUT2D eigenvalue weighted by Gasteiger charge is 2.64. The van der Waals surface area contributed by atoms with Crippen LogP contribution in [0.4, 0.5) is 0 Å². The van der Waals surface area contributed by atoms with E-state index in [1.165, 1.54) is 31.2 Å². The van der Waals surface area contributed by atoms with E-state index < -0.39 is 23.8 Å². The van der Waals surface area contributed by atoms with Crippen LogP contribution in [-0.4, -0.2) is 36.4 Å². The molecule has 2 aliphatic carbocycles. The summed E-state index contributed by atoms with van der Waals surface area (Å²) in [4.78, 5) is 47.5. The summed E-state index contributed by atoms with van der Waals surface area (Å²) in [7, 11) is 0. The summed E-state index contributed by atoms with van der Waals surface area (Å²) in [6.45, 7) is 0.904. The van der Waals surface area contributed by atoms with E-state index in [9.17, 15) is 19.2 Å². The molecule has 1 aromatic carbocycles. The van der Waals surface area contributed by atoms with Crippen LogP contribution in [0, 0.1) is 23.7 Å². The number of carbonyl (C=O) groups is 4. The van der Waals surface area contributed by atoms with Gasteiger partial charge in [-0.3, -0.25) is 19.2 Å². The fourth-order valence-electron chi connectivity index (χ4n) is 4.52. The van der Waals surface area contributed by atoms with E-state index in [1.807, 2.05) is 0 Å². The number of carbonyl (C=O) groups excluding carboxylic acids is 4. The first-order valence-electron chi connectivity index (χ1n) is 8.63. The van der Waals surface area contributed by atoms with Crippen LogP contribution in [0.25, 0.3) is 0 Å². The Kier molecular flexibility index (Phi) is 4.01. The second-order valence-electron chi connectivity index (χ2n) is 7.07. The van der Waals surface area contributed by atoms with Crippen LogP contribution >= 0.6 is 0 Å². The van der Waals surface area contributed by atoms with E-state index in [0.29, 0.717) is 17.7 Å². The molecule has 26 heavy (non-hydrogen) atoms. The van der Waals surface area contributed by atoms with Crippen molar-refractivity contribution in [3.63, 3.8) is 0 Å². The number of esters is 3. The number of rotatable bonds is 5. The van der Waals surface area contributed by atoms with E-state index in [-0.39, 0.29) is 36.3 Å². The molecule has 5 atom stereocenters. The first-order chi connectivity index (χ1) is 12.4. The van der Waals surface area contributed by atoms with Crippen molar-refractivity contribution in [2.75, 3.05) is 6.61 Å². The maximum atomic E-state index is 12.4. The molecule has 0 aromatic heterocycles. The number of ether oxygens (including phenoxy) is 3. The number of hydrogen-bond donors (Lipinski definition) is 0. The lowest BCUT2D eigenvalue weighted by atomic mass is 9.80. The zero-order valence-corrected chi connectivity index (χ0v) is 14.2. The second-order valence-corrected chi connectivity index (χ2v) is 7.07. The van der Waals surface area contributed by atoms with Gasteiger partial charge in [0.25, 0.3) is 0 Å². The quantitative estimate of drug-likeness (QED) is 0.447. The molecule has 0 unspecified atom stereocenters. The van der Waals surface area contributed by atoms with Crippen LogP contribution in [0.15, 0.2) is 24.3 Å². The standard InChI is InChI=1S/C19H18O7/c1-9(20)25-12-4-2-10(3-5-12)14(21)8-24-18(22)16-11-6-13-15(7-11)26-19(23)17(13)16/h2-5,11,13,15-17H,6-8H2,1H3/t11-,13+,15-,16+,17+/m1/s1. The van der Waals surface area contributed by atoms with Crippen molar-refractivity contribution >= 4 is 23.7 Å². The zero-order chi connectivity index (χ0) is 18.4. The molecule has 2 saturated carbocycles. The van der Waals surface area contributed by atoms with Crippen LogP contribution < -0.4 is 4.74 Å². The highest BCUT2D eigenvalue weighted by atomic mass is 16.6. The molecule has 136 valence electrons. The molecule has 0 spiro atoms. The van der Waals surface area contributed by atoms with E-state index >= 15 is 0 Å². The molecular formula is C19H18O7. The average molecular weight is 358 g/mol. The van der Waals surface area contributed by atoms with Gasteiger partial charge in [0.1, 0.15) is 11.9 Å². The third-order valence-electron chi connectivity index (χ3n) is 5.54. The Morgan fingerprint density at radius 1 is 1.15 bits per heavy atom. The SMILES string of the molecule is CC(=O)Oc1ccc(C(=O)COC(=O)[C@H]2[C@@H]3C[C@@H]4[C@@H]2C(=O)O[C@@H]4C3)cc1. The molecular weight excluding hydrogens is 340 g/mol. The molecule has 0 amide bonds. The second kappa shape index (κ2) is 6.23. The maximum absolute atomic E-state index is 12.4. The number of benzene rings is 1. The summed E-state index contributed by atoms with van der Waals surface area (Å²) in [5, 5.41) is 0. The lowest BCUT2D eigenvalue weighted by Crippen LogP contribution is -2.34. The summed E-state index contributed by atoms with van der Waals surface area (Å²) in [6.07, 6.45) is 1.48. The maximum Gasteiger partial charge on any atom is 0.310 e. The van der Waals surface area contributed by atoms with Gasteiger partial charge in [-0.25, -0.2) is 0 Å². The Morgan fingerprint density at radius 3 is 2.58 bits per heavy atom. The first-order valence-corrected chi connectivity index (χ1v) is 8.63. The van der Waals surface area contributed by atoms with Gasteiger partial charge >= 0.3 is 17.9 Å². The molecule has 0 N–H and O–H groups in total. The van der Waals surface area contributed by atoms with Gasteiger partial charge in [-0.05, 0) is 43.0 Å². The molecule has 2 bridgehead atoms. The molecule has 1 saturated heterocycles. The Balaban J connectivity index is 1.35. The minimum absolute atomic E-state index is 0.0427. The predicted octanol–water partition coefficient (Wildman–Crippen LogP) is 1.54. The van der Waals surface area contributed by atoms with Crippen LogP contribution in [0.2, 0.25) is 0 Å². The summed E-state index contributed by atoms with van der Waals surface area (Å²) >= 11 is 0. The molecule has 3 fully saturated rings. The van der Waals surface area contributed by atoms with Crippen molar-refractivity contribution in [3.05, 3.63) is 29.8 Å². The van der Waals surface area contributed by atoms with Crippen molar-refractivity contribution in [1.82, 2.24) is 0 Å². The molecule has 1 aliphatic heterocycles. The lowest BCUT2D eigenvalue weighted by molar-refractivity contribution is -0.154. The number of hydrogen-bond acceptors (Lipinski definition) is 7. The van der Waals surface area contributed by atoms with Gasteiger partial charge in [0.05, 0.1) is 11.8 Å². The van der Waals surface area contributed by atoms with Crippen molar-refractivity contribution in [3.8, 4) is 5.75 Å². The Morgan fingerprint density at radius 2 is 1.88 bits per heavy atom. The van der Waals surface area contributed by atoms with Gasteiger partial charge in [-0.15, -0.1) is 0 Å². The van der Waals surface area contributed by atoms with Crippen molar-refractivity contribution in [2.45, 2.75) is 25.9 Å². The van der Waals surface area contributed by atoms with Crippen LogP contribution in [-0.2, 0) is 23.9 Å². The van der Waals surface area contributed by atoms with Gasteiger partial charge in [0.15, 0.2) is 12.4 Å². The summed E-state index contributed by atoms with van der Waals surface area (Å²) in [6, 6.07) is 6.01. The van der Waals surface area contributed by atoms with Gasteiger partial charge in [0, 0.05) is 18.4 Å². The zero-order valence-electron chi connectivity index (χ0n) is 14.2. The number of Topliss-reactive ketones (excluding diaryl/α,β-unsaturated/α-hetero) is 1. The van der Waals surface area contributed by atoms with Gasteiger partial charge in [-0.1, -0.05) is 0 Å². The Hall–Kier alpha value is -2.70. The molecule has 4 rings (SSSR count). The first kappa shape index (κ1) is 16.8. The van der Waals surface area contributed by atoms with Crippen molar-refractivity contribution < 1.29 is 33.4 Å². The number of fused-ring (bicyclic) bond motifs is 1.